The topological polar surface area (TPSA) is 46.5 Å². The van der Waals surface area contributed by atoms with E-state index in [2.05, 4.69) is 32.6 Å². The minimum atomic E-state index is -1.55. The van der Waals surface area contributed by atoms with Crippen molar-refractivity contribution < 1.29 is 14.3 Å². The predicted molar refractivity (Wildman–Crippen MR) is 106 cm³/mol. The molecule has 0 saturated heterocycles. The molecule has 0 bridgehead atoms. The standard InChI is InChI=1S/C22H36O3Si/c1-21-11-10-19-17(18(21)7-8-20(21)24)6-5-15-13-16(25-26(2,3)4)9-12-22(15,19)14-23/h5,14,16-20,24H,6-13H2,1-4H3/t16?,17-,18-,19+,20?,21-,22+/m0/s1. The van der Waals surface area contributed by atoms with Crippen LogP contribution in [0.3, 0.4) is 0 Å². The first kappa shape index (κ1) is 18.9. The summed E-state index contributed by atoms with van der Waals surface area (Å²) in [4.78, 5) is 12.5. The van der Waals surface area contributed by atoms with Crippen molar-refractivity contribution >= 4 is 14.6 Å². The van der Waals surface area contributed by atoms with Gasteiger partial charge >= 0.3 is 0 Å². The molecule has 1 N–H and O–H groups in total. The quantitative estimate of drug-likeness (QED) is 0.441. The Kier molecular flexibility index (Phi) is 4.56. The molecule has 146 valence electrons. The average molecular weight is 377 g/mol. The lowest BCUT2D eigenvalue weighted by Gasteiger charge is -2.57. The Morgan fingerprint density at radius 2 is 1.92 bits per heavy atom. The van der Waals surface area contributed by atoms with Crippen molar-refractivity contribution in [2.45, 2.75) is 90.1 Å². The van der Waals surface area contributed by atoms with Crippen molar-refractivity contribution in [3.8, 4) is 0 Å². The normalized spacial score (nSPS) is 48.2. The number of carbonyl (C=O) groups excluding carboxylic acids is 1. The fourth-order valence-corrected chi connectivity index (χ4v) is 8.32. The molecule has 4 aliphatic carbocycles. The molecule has 2 unspecified atom stereocenters. The molecule has 0 amide bonds. The van der Waals surface area contributed by atoms with Crippen LogP contribution in [0.4, 0.5) is 0 Å². The summed E-state index contributed by atoms with van der Waals surface area (Å²) < 4.78 is 6.40. The Balaban J connectivity index is 1.61. The van der Waals surface area contributed by atoms with Gasteiger partial charge in [0.2, 0.25) is 0 Å². The molecule has 0 radical (unpaired) electrons. The first-order valence-corrected chi connectivity index (χ1v) is 14.1. The first-order chi connectivity index (χ1) is 12.2. The number of hydrogen-bond donors (Lipinski definition) is 1. The minimum absolute atomic E-state index is 0.0781. The van der Waals surface area contributed by atoms with Crippen LogP contribution in [-0.2, 0) is 9.22 Å². The number of rotatable bonds is 3. The number of hydrogen-bond acceptors (Lipinski definition) is 3. The SMILES string of the molecule is C[C@]12CC[C@@H]3[C@@H](CC=C4CC(O[Si](C)(C)C)CC[C@@]43C=O)[C@@H]1CCC2O. The maximum atomic E-state index is 12.5. The maximum absolute atomic E-state index is 12.5. The predicted octanol–water partition coefficient (Wildman–Crippen LogP) is 4.71. The summed E-state index contributed by atoms with van der Waals surface area (Å²) in [6, 6.07) is 0. The molecule has 0 aromatic rings. The zero-order valence-corrected chi connectivity index (χ0v) is 18.0. The van der Waals surface area contributed by atoms with E-state index in [1.165, 1.54) is 11.9 Å². The van der Waals surface area contributed by atoms with Gasteiger partial charge in [0.05, 0.1) is 11.5 Å². The van der Waals surface area contributed by atoms with Crippen LogP contribution < -0.4 is 0 Å². The van der Waals surface area contributed by atoms with Crippen LogP contribution in [0.2, 0.25) is 19.6 Å². The van der Waals surface area contributed by atoms with Gasteiger partial charge in [0, 0.05) is 6.10 Å². The molecule has 0 aromatic carbocycles. The van der Waals surface area contributed by atoms with Gasteiger partial charge in [-0.1, -0.05) is 18.6 Å². The summed E-state index contributed by atoms with van der Waals surface area (Å²) in [6.45, 7) is 9.07. The van der Waals surface area contributed by atoms with Crippen LogP contribution >= 0.6 is 0 Å². The van der Waals surface area contributed by atoms with E-state index in [4.69, 9.17) is 4.43 Å². The highest BCUT2D eigenvalue weighted by Gasteiger charge is 2.59. The van der Waals surface area contributed by atoms with Gasteiger partial charge < -0.3 is 14.3 Å². The summed E-state index contributed by atoms with van der Waals surface area (Å²) in [5.74, 6) is 1.65. The summed E-state index contributed by atoms with van der Waals surface area (Å²) in [5.41, 5.74) is 1.22. The average Bonchev–Trinajstić information content (AvgIpc) is 2.88. The Hall–Kier alpha value is -0.453. The van der Waals surface area contributed by atoms with E-state index in [9.17, 15) is 9.90 Å². The number of allylic oxidation sites excluding steroid dienone is 1. The molecule has 26 heavy (non-hydrogen) atoms. The Labute approximate surface area is 159 Å². The van der Waals surface area contributed by atoms with Crippen LogP contribution in [-0.4, -0.2) is 31.9 Å². The van der Waals surface area contributed by atoms with Gasteiger partial charge in [0.25, 0.3) is 0 Å². The highest BCUT2D eigenvalue weighted by Crippen LogP contribution is 2.64. The van der Waals surface area contributed by atoms with Crippen molar-refractivity contribution in [1.29, 1.82) is 0 Å². The van der Waals surface area contributed by atoms with Gasteiger partial charge in [0.15, 0.2) is 8.32 Å². The lowest BCUT2D eigenvalue weighted by atomic mass is 9.48. The smallest absolute Gasteiger partial charge is 0.184 e. The first-order valence-electron chi connectivity index (χ1n) is 10.7. The fraction of sp³-hybridized carbons (Fsp3) is 0.864. The molecule has 4 aliphatic rings. The lowest BCUT2D eigenvalue weighted by molar-refractivity contribution is -0.127. The number of aliphatic hydroxyl groups is 1. The zero-order valence-electron chi connectivity index (χ0n) is 17.0. The van der Waals surface area contributed by atoms with E-state index >= 15 is 0 Å². The third-order valence-corrected chi connectivity index (χ3v) is 9.38. The third-order valence-electron chi connectivity index (χ3n) is 8.34. The van der Waals surface area contributed by atoms with Crippen LogP contribution in [0.25, 0.3) is 0 Å². The highest BCUT2D eigenvalue weighted by molar-refractivity contribution is 6.69. The molecule has 4 heteroatoms. The molecule has 3 saturated carbocycles. The molecule has 4 rings (SSSR count). The van der Waals surface area contributed by atoms with Crippen LogP contribution in [0.1, 0.15) is 58.3 Å². The number of aldehydes is 1. The molecule has 0 spiro atoms. The van der Waals surface area contributed by atoms with E-state index in [0.29, 0.717) is 23.9 Å². The van der Waals surface area contributed by atoms with Crippen LogP contribution in [0.15, 0.2) is 11.6 Å². The van der Waals surface area contributed by atoms with Gasteiger partial charge in [-0.15, -0.1) is 0 Å². The summed E-state index contributed by atoms with van der Waals surface area (Å²) in [6.07, 6.45) is 12.2. The largest absolute Gasteiger partial charge is 0.414 e. The summed E-state index contributed by atoms with van der Waals surface area (Å²) >= 11 is 0. The minimum Gasteiger partial charge on any atom is -0.414 e. The molecule has 3 fully saturated rings. The summed E-state index contributed by atoms with van der Waals surface area (Å²) in [5, 5.41) is 10.6. The molecule has 0 aliphatic heterocycles. The maximum Gasteiger partial charge on any atom is 0.184 e. The van der Waals surface area contributed by atoms with Gasteiger partial charge in [-0.25, -0.2) is 0 Å². The molecule has 7 atom stereocenters. The summed E-state index contributed by atoms with van der Waals surface area (Å²) in [7, 11) is -1.55. The molecular weight excluding hydrogens is 340 g/mol. The second kappa shape index (κ2) is 6.28. The van der Waals surface area contributed by atoms with Crippen LogP contribution in [0.5, 0.6) is 0 Å². The van der Waals surface area contributed by atoms with Crippen molar-refractivity contribution in [2.75, 3.05) is 0 Å². The Morgan fingerprint density at radius 1 is 1.15 bits per heavy atom. The Bertz CT molecular complexity index is 609. The van der Waals surface area contributed by atoms with Gasteiger partial charge in [-0.05, 0) is 94.2 Å². The van der Waals surface area contributed by atoms with E-state index in [-0.39, 0.29) is 16.9 Å². The van der Waals surface area contributed by atoms with E-state index in [1.54, 1.807) is 0 Å². The van der Waals surface area contributed by atoms with E-state index < -0.39 is 8.32 Å². The zero-order chi connectivity index (χ0) is 18.7. The van der Waals surface area contributed by atoms with Crippen LogP contribution in [0, 0.1) is 28.6 Å². The lowest BCUT2D eigenvalue weighted by Crippen LogP contribution is -2.53. The fourth-order valence-electron chi connectivity index (χ4n) is 7.12. The van der Waals surface area contributed by atoms with Gasteiger partial charge in [-0.3, -0.25) is 0 Å². The molecule has 3 nitrogen and oxygen atoms in total. The van der Waals surface area contributed by atoms with Crippen molar-refractivity contribution in [1.82, 2.24) is 0 Å². The number of carbonyl (C=O) groups is 1. The monoisotopic (exact) mass is 376 g/mol. The molecule has 0 aromatic heterocycles. The van der Waals surface area contributed by atoms with E-state index in [1.807, 2.05) is 0 Å². The molecule has 0 heterocycles. The Morgan fingerprint density at radius 3 is 2.62 bits per heavy atom. The molecular formula is C22H36O3Si. The van der Waals surface area contributed by atoms with Crippen molar-refractivity contribution in [2.24, 2.45) is 28.6 Å². The van der Waals surface area contributed by atoms with Gasteiger partial charge in [-0.2, -0.15) is 0 Å². The number of aliphatic hydroxyl groups excluding tert-OH is 1. The van der Waals surface area contributed by atoms with Gasteiger partial charge in [0.1, 0.15) is 6.29 Å². The third kappa shape index (κ3) is 2.79. The second-order valence-electron chi connectivity index (χ2n) is 10.7. The van der Waals surface area contributed by atoms with E-state index in [0.717, 1.165) is 51.4 Å². The number of fused-ring (bicyclic) bond motifs is 5. The highest BCUT2D eigenvalue weighted by atomic mass is 28.4. The second-order valence-corrected chi connectivity index (χ2v) is 15.2. The van der Waals surface area contributed by atoms with Crippen molar-refractivity contribution in [3.05, 3.63) is 11.6 Å². The van der Waals surface area contributed by atoms with Crippen molar-refractivity contribution in [3.63, 3.8) is 0 Å².